The molecule has 78 valence electrons. The number of hydrogen-bond acceptors (Lipinski definition) is 3. The van der Waals surface area contributed by atoms with Crippen LogP contribution in [0.15, 0.2) is 24.5 Å². The van der Waals surface area contributed by atoms with Gasteiger partial charge in [0.2, 0.25) is 5.91 Å². The summed E-state index contributed by atoms with van der Waals surface area (Å²) >= 11 is 0. The van der Waals surface area contributed by atoms with Crippen LogP contribution in [0.4, 0.5) is 0 Å². The Hall–Kier alpha value is -1.71. The summed E-state index contributed by atoms with van der Waals surface area (Å²) in [6, 6.07) is 3.77. The number of likely N-dealkylation sites (tertiary alicyclic amines) is 1. The Bertz CT molecular complexity index is 364. The van der Waals surface area contributed by atoms with Gasteiger partial charge in [0.25, 0.3) is 0 Å². The maximum Gasteiger partial charge on any atom is 0.223 e. The van der Waals surface area contributed by atoms with E-state index in [2.05, 4.69) is 4.98 Å². The van der Waals surface area contributed by atoms with Crippen LogP contribution in [0, 0.1) is 5.92 Å². The summed E-state index contributed by atoms with van der Waals surface area (Å²) in [6.45, 7) is 1.09. The molecule has 0 saturated carbocycles. The lowest BCUT2D eigenvalue weighted by Crippen LogP contribution is -2.24. The van der Waals surface area contributed by atoms with E-state index in [1.165, 1.54) is 0 Å². The normalized spacial score (nSPS) is 20.7. The van der Waals surface area contributed by atoms with Crippen LogP contribution in [0.2, 0.25) is 0 Å². The van der Waals surface area contributed by atoms with Gasteiger partial charge in [0.1, 0.15) is 6.29 Å². The van der Waals surface area contributed by atoms with Gasteiger partial charge in [-0.2, -0.15) is 0 Å². The lowest BCUT2D eigenvalue weighted by Gasteiger charge is -2.15. The third kappa shape index (κ3) is 2.21. The minimum Gasteiger partial charge on any atom is -0.338 e. The van der Waals surface area contributed by atoms with Crippen LogP contribution in [-0.4, -0.2) is 28.6 Å². The molecule has 15 heavy (non-hydrogen) atoms. The topological polar surface area (TPSA) is 50.3 Å². The van der Waals surface area contributed by atoms with Crippen molar-refractivity contribution in [1.82, 2.24) is 9.88 Å². The second-order valence-corrected chi connectivity index (χ2v) is 3.74. The fraction of sp³-hybridized carbons (Fsp3) is 0.364. The van der Waals surface area contributed by atoms with E-state index in [1.54, 1.807) is 17.3 Å². The van der Waals surface area contributed by atoms with Crippen LogP contribution in [0.5, 0.6) is 0 Å². The van der Waals surface area contributed by atoms with E-state index in [9.17, 15) is 9.59 Å². The molecule has 0 radical (unpaired) electrons. The summed E-state index contributed by atoms with van der Waals surface area (Å²) in [4.78, 5) is 27.7. The van der Waals surface area contributed by atoms with Gasteiger partial charge in [-0.1, -0.05) is 6.07 Å². The summed E-state index contributed by atoms with van der Waals surface area (Å²) in [7, 11) is 0. The standard InChI is InChI=1S/C11H12N2O2/c14-8-10-4-11(15)13(7-10)6-9-2-1-3-12-5-9/h1-3,5,8,10H,4,6-7H2/t10-/m0/s1. The predicted octanol–water partition coefficient (Wildman–Crippen LogP) is 0.629. The number of aldehydes is 1. The van der Waals surface area contributed by atoms with Crippen molar-refractivity contribution in [3.8, 4) is 0 Å². The lowest BCUT2D eigenvalue weighted by atomic mass is 10.1. The number of rotatable bonds is 3. The highest BCUT2D eigenvalue weighted by Gasteiger charge is 2.28. The molecular weight excluding hydrogens is 192 g/mol. The largest absolute Gasteiger partial charge is 0.338 e. The van der Waals surface area contributed by atoms with Crippen LogP contribution < -0.4 is 0 Å². The van der Waals surface area contributed by atoms with E-state index >= 15 is 0 Å². The Morgan fingerprint density at radius 3 is 3.07 bits per heavy atom. The van der Waals surface area contributed by atoms with Crippen LogP contribution in [0.1, 0.15) is 12.0 Å². The zero-order valence-electron chi connectivity index (χ0n) is 8.30. The number of aromatic nitrogens is 1. The van der Waals surface area contributed by atoms with E-state index in [-0.39, 0.29) is 11.8 Å². The number of amides is 1. The molecule has 1 saturated heterocycles. The highest BCUT2D eigenvalue weighted by Crippen LogP contribution is 2.17. The number of carbonyl (C=O) groups is 2. The fourth-order valence-corrected chi connectivity index (χ4v) is 1.76. The minimum atomic E-state index is -0.130. The van der Waals surface area contributed by atoms with Crippen molar-refractivity contribution in [3.63, 3.8) is 0 Å². The van der Waals surface area contributed by atoms with Gasteiger partial charge >= 0.3 is 0 Å². The Labute approximate surface area is 87.9 Å². The zero-order chi connectivity index (χ0) is 10.7. The molecule has 2 heterocycles. The predicted molar refractivity (Wildman–Crippen MR) is 53.8 cm³/mol. The lowest BCUT2D eigenvalue weighted by molar-refractivity contribution is -0.128. The molecule has 4 nitrogen and oxygen atoms in total. The van der Waals surface area contributed by atoms with Gasteiger partial charge in [0.05, 0.1) is 0 Å². The first-order valence-corrected chi connectivity index (χ1v) is 4.91. The molecule has 0 spiro atoms. The van der Waals surface area contributed by atoms with E-state index in [0.717, 1.165) is 11.8 Å². The molecule has 1 aliphatic rings. The first kappa shape index (κ1) is 9.83. The molecule has 1 amide bonds. The van der Waals surface area contributed by atoms with E-state index < -0.39 is 0 Å². The van der Waals surface area contributed by atoms with Crippen molar-refractivity contribution in [3.05, 3.63) is 30.1 Å². The summed E-state index contributed by atoms with van der Waals surface area (Å²) in [5.41, 5.74) is 0.998. The zero-order valence-corrected chi connectivity index (χ0v) is 8.30. The first-order valence-electron chi connectivity index (χ1n) is 4.91. The Morgan fingerprint density at radius 2 is 2.47 bits per heavy atom. The van der Waals surface area contributed by atoms with Crippen LogP contribution in [0.3, 0.4) is 0 Å². The minimum absolute atomic E-state index is 0.0518. The molecule has 2 rings (SSSR count). The van der Waals surface area contributed by atoms with Gasteiger partial charge < -0.3 is 9.69 Å². The molecule has 0 unspecified atom stereocenters. The molecule has 1 atom stereocenters. The van der Waals surface area contributed by atoms with E-state index in [4.69, 9.17) is 0 Å². The van der Waals surface area contributed by atoms with Crippen molar-refractivity contribution < 1.29 is 9.59 Å². The summed E-state index contributed by atoms with van der Waals surface area (Å²) < 4.78 is 0. The monoisotopic (exact) mass is 204 g/mol. The average molecular weight is 204 g/mol. The molecule has 0 bridgehead atoms. The molecular formula is C11H12N2O2. The maximum absolute atomic E-state index is 11.5. The fourth-order valence-electron chi connectivity index (χ4n) is 1.76. The van der Waals surface area contributed by atoms with Crippen LogP contribution in [0.25, 0.3) is 0 Å². The van der Waals surface area contributed by atoms with E-state index in [1.807, 2.05) is 12.1 Å². The molecule has 1 fully saturated rings. The van der Waals surface area contributed by atoms with Gasteiger partial charge in [-0.15, -0.1) is 0 Å². The van der Waals surface area contributed by atoms with Crippen molar-refractivity contribution in [1.29, 1.82) is 0 Å². The maximum atomic E-state index is 11.5. The summed E-state index contributed by atoms with van der Waals surface area (Å²) in [6.07, 6.45) is 4.65. The van der Waals surface area contributed by atoms with Crippen LogP contribution >= 0.6 is 0 Å². The highest BCUT2D eigenvalue weighted by atomic mass is 16.2. The number of pyridine rings is 1. The molecule has 0 N–H and O–H groups in total. The van der Waals surface area contributed by atoms with Gasteiger partial charge in [-0.3, -0.25) is 9.78 Å². The third-order valence-electron chi connectivity index (χ3n) is 2.53. The molecule has 4 heteroatoms. The number of carbonyl (C=O) groups excluding carboxylic acids is 2. The van der Waals surface area contributed by atoms with Crippen LogP contribution in [-0.2, 0) is 16.1 Å². The van der Waals surface area contributed by atoms with Crippen molar-refractivity contribution >= 4 is 12.2 Å². The smallest absolute Gasteiger partial charge is 0.223 e. The van der Waals surface area contributed by atoms with E-state index in [0.29, 0.717) is 19.5 Å². The summed E-state index contributed by atoms with van der Waals surface area (Å²) in [5, 5.41) is 0. The molecule has 1 aromatic heterocycles. The Kier molecular flexibility index (Phi) is 2.76. The quantitative estimate of drug-likeness (QED) is 0.678. The van der Waals surface area contributed by atoms with Crippen molar-refractivity contribution in [2.75, 3.05) is 6.54 Å². The third-order valence-corrected chi connectivity index (χ3v) is 2.53. The van der Waals surface area contributed by atoms with Crippen molar-refractivity contribution in [2.24, 2.45) is 5.92 Å². The number of hydrogen-bond donors (Lipinski definition) is 0. The second kappa shape index (κ2) is 4.21. The van der Waals surface area contributed by atoms with Gasteiger partial charge in [-0.05, 0) is 11.6 Å². The first-order chi connectivity index (χ1) is 7.29. The molecule has 0 aromatic carbocycles. The highest BCUT2D eigenvalue weighted by molar-refractivity contribution is 5.82. The van der Waals surface area contributed by atoms with Gasteiger partial charge in [0, 0.05) is 37.8 Å². The molecule has 0 aliphatic carbocycles. The SMILES string of the molecule is O=C[C@H]1CC(=O)N(Cc2cccnc2)C1. The number of nitrogens with zero attached hydrogens (tertiary/aromatic N) is 2. The average Bonchev–Trinajstić information content (AvgIpc) is 2.61. The van der Waals surface area contributed by atoms with Gasteiger partial charge in [0.15, 0.2) is 0 Å². The molecule has 1 aliphatic heterocycles. The second-order valence-electron chi connectivity index (χ2n) is 3.74. The van der Waals surface area contributed by atoms with Crippen molar-refractivity contribution in [2.45, 2.75) is 13.0 Å². The Morgan fingerprint density at radius 1 is 1.60 bits per heavy atom. The summed E-state index contributed by atoms with van der Waals surface area (Å²) in [5.74, 6) is -0.0786. The Balaban J connectivity index is 2.01. The van der Waals surface area contributed by atoms with Gasteiger partial charge in [-0.25, -0.2) is 0 Å². The molecule has 1 aromatic rings.